The summed E-state index contributed by atoms with van der Waals surface area (Å²) in [6, 6.07) is 6.69. The van der Waals surface area contributed by atoms with Crippen LogP contribution in [-0.2, 0) is 12.5 Å². The Kier molecular flexibility index (Phi) is 7.70. The Morgan fingerprint density at radius 2 is 1.69 bits per heavy atom. The maximum atomic E-state index is 15.4. The number of allylic oxidation sites excluding steroid dienone is 1. The van der Waals surface area contributed by atoms with Crippen molar-refractivity contribution in [2.45, 2.75) is 90.0 Å². The van der Waals surface area contributed by atoms with E-state index in [2.05, 4.69) is 27.8 Å². The van der Waals surface area contributed by atoms with Gasteiger partial charge in [0.15, 0.2) is 0 Å². The summed E-state index contributed by atoms with van der Waals surface area (Å²) in [6.45, 7) is 6.89. The Balaban J connectivity index is 1.54. The Bertz CT molecular complexity index is 1320. The van der Waals surface area contributed by atoms with Crippen LogP contribution in [-0.4, -0.2) is 16.5 Å². The zero-order valence-corrected chi connectivity index (χ0v) is 22.6. The van der Waals surface area contributed by atoms with E-state index in [9.17, 15) is 5.26 Å². The number of halogens is 3. The number of nitrogens with one attached hydrogen (secondary N) is 1. The first-order valence-corrected chi connectivity index (χ1v) is 14.1. The van der Waals surface area contributed by atoms with Crippen molar-refractivity contribution in [3.63, 3.8) is 0 Å². The van der Waals surface area contributed by atoms with E-state index in [1.807, 2.05) is 6.08 Å². The third kappa shape index (κ3) is 5.54. The maximum absolute atomic E-state index is 15.4. The molecule has 6 bridgehead atoms. The maximum Gasteiger partial charge on any atom is 0.276 e. The molecule has 3 heterocycles. The summed E-state index contributed by atoms with van der Waals surface area (Å²) in [5.74, 6) is -2.36. The molecule has 1 aromatic heterocycles. The summed E-state index contributed by atoms with van der Waals surface area (Å²) < 4.78 is 45.4. The third-order valence-electron chi connectivity index (χ3n) is 8.24. The quantitative estimate of drug-likeness (QED) is 0.399. The third-order valence-corrected chi connectivity index (χ3v) is 8.24. The largest absolute Gasteiger partial charge is 0.365 e. The summed E-state index contributed by atoms with van der Waals surface area (Å²) in [6.07, 6.45) is 10.3. The average molecular weight is 536 g/mol. The van der Waals surface area contributed by atoms with Crippen molar-refractivity contribution in [1.29, 1.82) is 5.26 Å². The average Bonchev–Trinajstić information content (AvgIpc) is 3.70. The molecule has 0 spiro atoms. The second-order valence-corrected chi connectivity index (χ2v) is 11.1. The van der Waals surface area contributed by atoms with Crippen LogP contribution in [0.4, 0.5) is 24.8 Å². The van der Waals surface area contributed by atoms with Gasteiger partial charge in [0, 0.05) is 30.8 Å². The minimum absolute atomic E-state index is 0.00778. The van der Waals surface area contributed by atoms with E-state index in [-0.39, 0.29) is 18.5 Å². The van der Waals surface area contributed by atoms with Crippen molar-refractivity contribution in [3.05, 3.63) is 64.4 Å². The molecule has 8 heteroatoms. The fourth-order valence-corrected chi connectivity index (χ4v) is 5.75. The van der Waals surface area contributed by atoms with Gasteiger partial charge < -0.3 is 10.2 Å². The van der Waals surface area contributed by atoms with Crippen LogP contribution < -0.4 is 10.2 Å². The molecule has 0 radical (unpaired) electrons. The van der Waals surface area contributed by atoms with E-state index in [4.69, 9.17) is 4.98 Å². The summed E-state index contributed by atoms with van der Waals surface area (Å²) in [7, 11) is 0. The number of fused-ring (bicyclic) bond motifs is 2. The highest BCUT2D eigenvalue weighted by Crippen LogP contribution is 2.56. The Hall–Kier alpha value is -3.34. The lowest BCUT2D eigenvalue weighted by molar-refractivity contribution is -0.0192. The topological polar surface area (TPSA) is 64.8 Å². The number of aromatic nitrogens is 2. The summed E-state index contributed by atoms with van der Waals surface area (Å²) in [5.41, 5.74) is 1.45. The predicted molar refractivity (Wildman–Crippen MR) is 148 cm³/mol. The van der Waals surface area contributed by atoms with Gasteiger partial charge in [-0.3, -0.25) is 0 Å². The molecule has 0 unspecified atom stereocenters. The number of hydrogen-bond donors (Lipinski definition) is 1. The molecule has 5 rings (SSSR count). The molecular formula is C31H36F3N5. The summed E-state index contributed by atoms with van der Waals surface area (Å²) >= 11 is 0. The Morgan fingerprint density at radius 3 is 2.38 bits per heavy atom. The molecule has 0 atom stereocenters. The zero-order chi connectivity index (χ0) is 27.6. The molecule has 1 fully saturated rings. The zero-order valence-electron chi connectivity index (χ0n) is 22.6. The van der Waals surface area contributed by atoms with E-state index in [0.717, 1.165) is 81.2 Å². The van der Waals surface area contributed by atoms with E-state index >= 15 is 13.2 Å². The number of hydrogen-bond acceptors (Lipinski definition) is 5. The predicted octanol–water partition coefficient (Wildman–Crippen LogP) is 8.17. The minimum Gasteiger partial charge on any atom is -0.365 e. The van der Waals surface area contributed by atoms with Gasteiger partial charge in [-0.15, -0.1) is 0 Å². The molecule has 2 aliphatic heterocycles. The van der Waals surface area contributed by atoms with E-state index in [0.29, 0.717) is 23.9 Å². The van der Waals surface area contributed by atoms with Gasteiger partial charge in [0.2, 0.25) is 0 Å². The van der Waals surface area contributed by atoms with Gasteiger partial charge in [0.05, 0.1) is 22.6 Å². The molecule has 206 valence electrons. The van der Waals surface area contributed by atoms with Crippen LogP contribution in [0.15, 0.2) is 36.0 Å². The highest BCUT2D eigenvalue weighted by Gasteiger charge is 2.49. The van der Waals surface area contributed by atoms with Gasteiger partial charge >= 0.3 is 0 Å². The van der Waals surface area contributed by atoms with Gasteiger partial charge in [-0.05, 0) is 44.3 Å². The van der Waals surface area contributed by atoms with Crippen LogP contribution in [0.25, 0.3) is 6.08 Å². The van der Waals surface area contributed by atoms with Crippen molar-refractivity contribution in [2.75, 3.05) is 16.8 Å². The van der Waals surface area contributed by atoms with Crippen molar-refractivity contribution >= 4 is 17.7 Å². The van der Waals surface area contributed by atoms with E-state index in [1.54, 1.807) is 6.92 Å². The molecule has 1 saturated carbocycles. The SMILES string of the molecule is C=C1C(C2(C#N)CC2)=Cc2c3nc(C)nc2N1CCCCCCCCCCC(F)(F)c1cccc(c1F)CN3. The molecule has 0 saturated heterocycles. The van der Waals surface area contributed by atoms with Gasteiger partial charge in [-0.25, -0.2) is 23.1 Å². The van der Waals surface area contributed by atoms with Gasteiger partial charge in [-0.1, -0.05) is 63.3 Å². The lowest BCUT2D eigenvalue weighted by Crippen LogP contribution is -2.31. The first-order chi connectivity index (χ1) is 18.8. The smallest absolute Gasteiger partial charge is 0.276 e. The molecule has 0 amide bonds. The molecule has 2 aromatic rings. The van der Waals surface area contributed by atoms with Crippen LogP contribution in [0.1, 0.15) is 93.1 Å². The first-order valence-electron chi connectivity index (χ1n) is 14.1. The fraction of sp³-hybridized carbons (Fsp3) is 0.516. The van der Waals surface area contributed by atoms with Crippen molar-refractivity contribution in [3.8, 4) is 6.07 Å². The van der Waals surface area contributed by atoms with Crippen LogP contribution in [0.5, 0.6) is 0 Å². The second kappa shape index (κ2) is 11.0. The monoisotopic (exact) mass is 535 g/mol. The minimum atomic E-state index is -3.22. The number of nitrogens with zero attached hydrogens (tertiary/aromatic N) is 4. The van der Waals surface area contributed by atoms with Crippen LogP contribution in [0, 0.1) is 29.5 Å². The summed E-state index contributed by atoms with van der Waals surface area (Å²) in [4.78, 5) is 11.5. The highest BCUT2D eigenvalue weighted by atomic mass is 19.3. The van der Waals surface area contributed by atoms with Crippen LogP contribution >= 0.6 is 0 Å². The molecule has 39 heavy (non-hydrogen) atoms. The normalized spacial score (nSPS) is 21.3. The van der Waals surface area contributed by atoms with Crippen LogP contribution in [0.3, 0.4) is 0 Å². The lowest BCUT2D eigenvalue weighted by atomic mass is 9.89. The number of alkyl halides is 2. The van der Waals surface area contributed by atoms with Crippen molar-refractivity contribution in [2.24, 2.45) is 5.41 Å². The second-order valence-electron chi connectivity index (χ2n) is 11.1. The summed E-state index contributed by atoms with van der Waals surface area (Å²) in [5, 5.41) is 13.2. The molecule has 1 aliphatic carbocycles. The van der Waals surface area contributed by atoms with E-state index < -0.39 is 22.7 Å². The number of rotatable bonds is 1. The van der Waals surface area contributed by atoms with Crippen molar-refractivity contribution < 1.29 is 13.2 Å². The molecule has 1 N–H and O–H groups in total. The van der Waals surface area contributed by atoms with Crippen molar-refractivity contribution in [1.82, 2.24) is 9.97 Å². The molecule has 1 aromatic carbocycles. The Labute approximate surface area is 228 Å². The number of nitriles is 1. The molecule has 5 nitrogen and oxygen atoms in total. The van der Waals surface area contributed by atoms with E-state index in [1.165, 1.54) is 18.2 Å². The number of benzene rings is 1. The molecule has 3 aliphatic rings. The fourth-order valence-electron chi connectivity index (χ4n) is 5.75. The van der Waals surface area contributed by atoms with Gasteiger partial charge in [0.1, 0.15) is 23.3 Å². The first kappa shape index (κ1) is 27.2. The van der Waals surface area contributed by atoms with Crippen LogP contribution in [0.2, 0.25) is 0 Å². The lowest BCUT2D eigenvalue weighted by Gasteiger charge is -2.34. The standard InChI is InChI=1S/C31H36F3N5/c1-21-26(30(20-35)15-16-30)18-24-28-36-19-23-12-11-13-25(27(23)32)31(33,34)14-9-7-5-3-4-6-8-10-17-39(21)29(24)38-22(2)37-28/h11-13,18H,1,3-10,14-17,19H2,2H3,(H,36,37,38). The number of anilines is 2. The Morgan fingerprint density at radius 1 is 1.00 bits per heavy atom. The number of aryl methyl sites for hydroxylation is 1. The highest BCUT2D eigenvalue weighted by molar-refractivity contribution is 5.84. The van der Waals surface area contributed by atoms with Gasteiger partial charge in [0.25, 0.3) is 5.92 Å². The molecular weight excluding hydrogens is 499 g/mol. The van der Waals surface area contributed by atoms with Gasteiger partial charge in [-0.2, -0.15) is 5.26 Å².